The van der Waals surface area contributed by atoms with Gasteiger partial charge in [-0.2, -0.15) is 5.26 Å². The maximum absolute atomic E-state index is 9.38. The third-order valence-corrected chi connectivity index (χ3v) is 6.04. The molecule has 0 spiro atoms. The van der Waals surface area contributed by atoms with Gasteiger partial charge in [-0.3, -0.25) is 0 Å². The zero-order chi connectivity index (χ0) is 19.8. The van der Waals surface area contributed by atoms with Crippen LogP contribution in [-0.4, -0.2) is 23.1 Å². The number of rotatable bonds is 3. The Morgan fingerprint density at radius 1 is 1.00 bits per heavy atom. The molecule has 142 valence electrons. The molecule has 0 saturated carbocycles. The zero-order valence-electron chi connectivity index (χ0n) is 16.5. The number of hydrogen-bond donors (Lipinski definition) is 0. The van der Waals surface area contributed by atoms with Crippen molar-refractivity contribution in [3.63, 3.8) is 0 Å². The summed E-state index contributed by atoms with van der Waals surface area (Å²) in [5, 5.41) is 10.6. The number of likely N-dealkylation sites (N-methyl/N-ethyl adjacent to an activating group) is 1. The first-order valence-corrected chi connectivity index (χ1v) is 10.1. The highest BCUT2D eigenvalue weighted by atomic mass is 15.1. The number of nitrogens with zero attached hydrogens (tertiary/aromatic N) is 3. The van der Waals surface area contributed by atoms with Crippen LogP contribution in [0.2, 0.25) is 0 Å². The van der Waals surface area contributed by atoms with Gasteiger partial charge in [-0.25, -0.2) is 0 Å². The number of nitriles is 1. The Morgan fingerprint density at radius 3 is 2.72 bits per heavy atom. The van der Waals surface area contributed by atoms with Gasteiger partial charge in [-0.1, -0.05) is 48.5 Å². The Hall–Kier alpha value is -3.35. The molecule has 0 bridgehead atoms. The predicted octanol–water partition coefficient (Wildman–Crippen LogP) is 5.14. The Balaban J connectivity index is 1.51. The van der Waals surface area contributed by atoms with E-state index in [0.29, 0.717) is 12.5 Å². The van der Waals surface area contributed by atoms with Gasteiger partial charge in [0.2, 0.25) is 0 Å². The normalized spacial score (nSPS) is 16.5. The summed E-state index contributed by atoms with van der Waals surface area (Å²) >= 11 is 0. The van der Waals surface area contributed by atoms with E-state index in [4.69, 9.17) is 0 Å². The number of benzene rings is 3. The van der Waals surface area contributed by atoms with Crippen LogP contribution in [-0.2, 0) is 13.1 Å². The van der Waals surface area contributed by atoms with E-state index in [1.54, 1.807) is 0 Å². The van der Waals surface area contributed by atoms with Crippen LogP contribution in [0.25, 0.3) is 10.9 Å². The van der Waals surface area contributed by atoms with Crippen molar-refractivity contribution in [3.05, 3.63) is 107 Å². The van der Waals surface area contributed by atoms with E-state index in [0.717, 1.165) is 24.2 Å². The Kier molecular flexibility index (Phi) is 4.42. The van der Waals surface area contributed by atoms with Crippen molar-refractivity contribution in [2.75, 3.05) is 13.6 Å². The van der Waals surface area contributed by atoms with E-state index in [1.165, 1.54) is 27.6 Å². The molecule has 0 fully saturated rings. The van der Waals surface area contributed by atoms with Gasteiger partial charge >= 0.3 is 0 Å². The first-order valence-electron chi connectivity index (χ1n) is 10.1. The van der Waals surface area contributed by atoms with Crippen LogP contribution in [0.1, 0.15) is 33.7 Å². The van der Waals surface area contributed by atoms with Gasteiger partial charge in [0.15, 0.2) is 0 Å². The fourth-order valence-corrected chi connectivity index (χ4v) is 4.59. The Labute approximate surface area is 171 Å². The zero-order valence-corrected chi connectivity index (χ0v) is 16.5. The van der Waals surface area contributed by atoms with Crippen LogP contribution in [0, 0.1) is 11.3 Å². The molecule has 3 aromatic carbocycles. The van der Waals surface area contributed by atoms with E-state index in [1.807, 2.05) is 24.3 Å². The lowest BCUT2D eigenvalue weighted by atomic mass is 9.84. The second-order valence-electron chi connectivity index (χ2n) is 7.98. The van der Waals surface area contributed by atoms with Crippen molar-refractivity contribution in [2.24, 2.45) is 0 Å². The molecule has 29 heavy (non-hydrogen) atoms. The minimum atomic E-state index is 0.400. The largest absolute Gasteiger partial charge is 0.343 e. The topological polar surface area (TPSA) is 32.0 Å². The minimum absolute atomic E-state index is 0.400. The lowest BCUT2D eigenvalue weighted by molar-refractivity contribution is 0.295. The molecule has 1 aromatic heterocycles. The monoisotopic (exact) mass is 377 g/mol. The van der Waals surface area contributed by atoms with Crippen molar-refractivity contribution < 1.29 is 0 Å². The Morgan fingerprint density at radius 2 is 1.83 bits per heavy atom. The van der Waals surface area contributed by atoms with Gasteiger partial charge in [0.25, 0.3) is 0 Å². The average molecular weight is 377 g/mol. The quantitative estimate of drug-likeness (QED) is 0.495. The number of hydrogen-bond acceptors (Lipinski definition) is 2. The molecule has 0 saturated heterocycles. The highest BCUT2D eigenvalue weighted by molar-refractivity contribution is 5.81. The van der Waals surface area contributed by atoms with Crippen molar-refractivity contribution in [1.82, 2.24) is 9.47 Å². The molecule has 1 aliphatic heterocycles. The second-order valence-corrected chi connectivity index (χ2v) is 7.98. The van der Waals surface area contributed by atoms with E-state index in [-0.39, 0.29) is 0 Å². The molecule has 0 amide bonds. The summed E-state index contributed by atoms with van der Waals surface area (Å²) in [5.41, 5.74) is 7.25. The third kappa shape index (κ3) is 3.22. The van der Waals surface area contributed by atoms with Gasteiger partial charge in [0.1, 0.15) is 0 Å². The second kappa shape index (κ2) is 7.24. The van der Waals surface area contributed by atoms with Crippen LogP contribution < -0.4 is 0 Å². The summed E-state index contributed by atoms with van der Waals surface area (Å²) in [6, 6.07) is 28.0. The lowest BCUT2D eigenvalue weighted by Gasteiger charge is -2.32. The molecule has 3 heteroatoms. The Bertz CT molecular complexity index is 1230. The fourth-order valence-electron chi connectivity index (χ4n) is 4.59. The van der Waals surface area contributed by atoms with E-state index in [9.17, 15) is 5.26 Å². The third-order valence-electron chi connectivity index (χ3n) is 6.04. The maximum Gasteiger partial charge on any atom is 0.0995 e. The predicted molar refractivity (Wildman–Crippen MR) is 117 cm³/mol. The molecular weight excluding hydrogens is 354 g/mol. The molecule has 0 aliphatic carbocycles. The molecule has 0 N–H and O–H groups in total. The molecular formula is C26H23N3. The summed E-state index contributed by atoms with van der Waals surface area (Å²) in [5.74, 6) is 0.400. The summed E-state index contributed by atoms with van der Waals surface area (Å²) in [4.78, 5) is 2.40. The van der Waals surface area contributed by atoms with Gasteiger partial charge < -0.3 is 9.47 Å². The van der Waals surface area contributed by atoms with E-state index >= 15 is 0 Å². The first kappa shape index (κ1) is 17.7. The molecule has 1 atom stereocenters. The van der Waals surface area contributed by atoms with Crippen molar-refractivity contribution >= 4 is 10.9 Å². The fraction of sp³-hybridized carbons (Fsp3) is 0.192. The minimum Gasteiger partial charge on any atom is -0.343 e. The highest BCUT2D eigenvalue weighted by Gasteiger charge is 2.24. The molecule has 2 heterocycles. The smallest absolute Gasteiger partial charge is 0.0995 e. The van der Waals surface area contributed by atoms with Crippen LogP contribution in [0.4, 0.5) is 0 Å². The van der Waals surface area contributed by atoms with Crippen molar-refractivity contribution in [1.29, 1.82) is 5.26 Å². The highest BCUT2D eigenvalue weighted by Crippen LogP contribution is 2.34. The summed E-state index contributed by atoms with van der Waals surface area (Å²) in [6.07, 6.45) is 2.13. The molecule has 4 aromatic rings. The summed E-state index contributed by atoms with van der Waals surface area (Å²) < 4.78 is 2.23. The van der Waals surface area contributed by atoms with Crippen LogP contribution in [0.3, 0.4) is 0 Å². The van der Waals surface area contributed by atoms with E-state index in [2.05, 4.69) is 77.3 Å². The van der Waals surface area contributed by atoms with Crippen molar-refractivity contribution in [2.45, 2.75) is 19.0 Å². The molecule has 5 rings (SSSR count). The maximum atomic E-state index is 9.38. The van der Waals surface area contributed by atoms with Crippen LogP contribution in [0.5, 0.6) is 0 Å². The standard InChI is InChI=1S/C26H23N3/c1-28-16-23-8-4-5-9-24(23)25(18-28)19-10-11-26-20(14-19)12-13-29(26)17-22-7-3-2-6-21(22)15-27/h2-14,25H,16-18H2,1H3. The van der Waals surface area contributed by atoms with Gasteiger partial charge in [-0.05, 0) is 59.0 Å². The van der Waals surface area contributed by atoms with Crippen LogP contribution in [0.15, 0.2) is 79.0 Å². The van der Waals surface area contributed by atoms with Gasteiger partial charge in [-0.15, -0.1) is 0 Å². The first-order chi connectivity index (χ1) is 14.2. The number of aromatic nitrogens is 1. The number of fused-ring (bicyclic) bond motifs is 2. The summed E-state index contributed by atoms with van der Waals surface area (Å²) in [6.45, 7) is 2.77. The molecule has 0 radical (unpaired) electrons. The summed E-state index contributed by atoms with van der Waals surface area (Å²) in [7, 11) is 2.20. The van der Waals surface area contributed by atoms with Crippen molar-refractivity contribution in [3.8, 4) is 6.07 Å². The molecule has 1 unspecified atom stereocenters. The van der Waals surface area contributed by atoms with E-state index < -0.39 is 0 Å². The lowest BCUT2D eigenvalue weighted by Crippen LogP contribution is -2.30. The van der Waals surface area contributed by atoms with Crippen LogP contribution >= 0.6 is 0 Å². The SMILES string of the molecule is CN1Cc2ccccc2C(c2ccc3c(ccn3Cc3ccccc3C#N)c2)C1. The average Bonchev–Trinajstić information content (AvgIpc) is 3.15. The molecule has 3 nitrogen and oxygen atoms in total. The molecule has 1 aliphatic rings. The van der Waals surface area contributed by atoms with Gasteiger partial charge in [0.05, 0.1) is 11.6 Å². The van der Waals surface area contributed by atoms with Gasteiger partial charge in [0, 0.05) is 37.3 Å².